The van der Waals surface area contributed by atoms with Gasteiger partial charge in [0.15, 0.2) is 0 Å². The average Bonchev–Trinajstić information content (AvgIpc) is 2.37. The summed E-state index contributed by atoms with van der Waals surface area (Å²) in [5, 5.41) is 0. The molecule has 1 heterocycles. The molecule has 0 fully saturated rings. The Balaban J connectivity index is 3.26. The molecule has 0 aromatic carbocycles. The summed E-state index contributed by atoms with van der Waals surface area (Å²) in [5.74, 6) is -1.25. The number of halogens is 2. The normalized spacial score (nSPS) is 16.2. The Morgan fingerprint density at radius 1 is 1.32 bits per heavy atom. The van der Waals surface area contributed by atoms with Crippen LogP contribution < -0.4 is 4.72 Å². The van der Waals surface area contributed by atoms with Crippen LogP contribution >= 0.6 is 15.9 Å². The van der Waals surface area contributed by atoms with Crippen LogP contribution in [-0.4, -0.2) is 25.9 Å². The molecule has 0 saturated heterocycles. The van der Waals surface area contributed by atoms with E-state index < -0.39 is 39.2 Å². The molecule has 0 bridgehead atoms. The fourth-order valence-corrected chi connectivity index (χ4v) is 3.25. The van der Waals surface area contributed by atoms with Crippen LogP contribution in [0.1, 0.15) is 60.5 Å². The lowest BCUT2D eigenvalue weighted by molar-refractivity contribution is -0.156. The van der Waals surface area contributed by atoms with Crippen molar-refractivity contribution in [3.05, 3.63) is 28.2 Å². The van der Waals surface area contributed by atoms with Crippen molar-refractivity contribution < 1.29 is 18.5 Å². The minimum atomic E-state index is -1.53. The van der Waals surface area contributed by atoms with Gasteiger partial charge in [-0.25, -0.2) is 4.98 Å². The molecule has 0 saturated carbocycles. The molecule has 142 valence electrons. The predicted octanol–water partition coefficient (Wildman–Crippen LogP) is 3.98. The minimum absolute atomic E-state index is 0.144. The Hall–Kier alpha value is -0.700. The first-order chi connectivity index (χ1) is 11.1. The van der Waals surface area contributed by atoms with Crippen LogP contribution in [0.25, 0.3) is 0 Å². The Kier molecular flexibility index (Phi) is 7.06. The van der Waals surface area contributed by atoms with Crippen LogP contribution in [0, 0.1) is 5.95 Å². The topological polar surface area (TPSA) is 74.3 Å². The molecule has 1 rings (SSSR count). The first kappa shape index (κ1) is 22.3. The molecule has 0 aliphatic carbocycles. The quantitative estimate of drug-likeness (QED) is 0.429. The molecule has 1 unspecified atom stereocenters. The summed E-state index contributed by atoms with van der Waals surface area (Å²) in [6.45, 7) is 12.3. The zero-order valence-corrected chi connectivity index (χ0v) is 18.1. The van der Waals surface area contributed by atoms with E-state index in [9.17, 15) is 13.7 Å². The lowest BCUT2D eigenvalue weighted by atomic mass is 9.90. The molecule has 8 heteroatoms. The number of esters is 1. The highest BCUT2D eigenvalue weighted by atomic mass is 79.9. The third-order valence-electron chi connectivity index (χ3n) is 3.19. The van der Waals surface area contributed by atoms with Crippen LogP contribution in [0.5, 0.6) is 0 Å². The number of hydrogen-bond acceptors (Lipinski definition) is 5. The molecule has 1 aromatic heterocycles. The highest BCUT2D eigenvalue weighted by Gasteiger charge is 2.41. The van der Waals surface area contributed by atoms with Crippen LogP contribution in [0.15, 0.2) is 16.7 Å². The van der Waals surface area contributed by atoms with Crippen LogP contribution in [0.2, 0.25) is 0 Å². The van der Waals surface area contributed by atoms with Gasteiger partial charge in [-0.15, -0.1) is 4.72 Å². The average molecular weight is 437 g/mol. The number of rotatable bonds is 5. The van der Waals surface area contributed by atoms with E-state index in [-0.39, 0.29) is 12.0 Å². The molecule has 25 heavy (non-hydrogen) atoms. The molecule has 0 spiro atoms. The van der Waals surface area contributed by atoms with Crippen molar-refractivity contribution >= 4 is 33.3 Å². The lowest BCUT2D eigenvalue weighted by Gasteiger charge is -2.35. The van der Waals surface area contributed by atoms with Gasteiger partial charge < -0.3 is 9.29 Å². The number of nitrogens with one attached hydrogen (secondary N) is 1. The smallest absolute Gasteiger partial charge is 0.308 e. The van der Waals surface area contributed by atoms with E-state index in [0.717, 1.165) is 0 Å². The van der Waals surface area contributed by atoms with Crippen LogP contribution in [0.4, 0.5) is 4.39 Å². The van der Waals surface area contributed by atoms with Gasteiger partial charge >= 0.3 is 5.97 Å². The Morgan fingerprint density at radius 3 is 2.36 bits per heavy atom. The zero-order valence-electron chi connectivity index (χ0n) is 15.7. The molecule has 0 amide bonds. The second-order valence-electron chi connectivity index (χ2n) is 8.07. The summed E-state index contributed by atoms with van der Waals surface area (Å²) in [6, 6.07) is 1.53. The maximum Gasteiger partial charge on any atom is 0.308 e. The summed E-state index contributed by atoms with van der Waals surface area (Å²) < 4.78 is 35.2. The highest BCUT2D eigenvalue weighted by molar-refractivity contribution is 9.10. The van der Waals surface area contributed by atoms with Gasteiger partial charge in [0.25, 0.3) is 0 Å². The standard InChI is InChI=1S/C17H26BrFN2O3S/c1-15(2,3)24-13(22)9-17(7,21-25(23)16(4,5)6)12-8-11(18)10-20-14(12)19/h8,10,21H,9H2,1-7H3/t17-,25?/m0/s1. The van der Waals surface area contributed by atoms with Gasteiger partial charge in [0, 0.05) is 27.6 Å². The summed E-state index contributed by atoms with van der Waals surface area (Å²) in [5.41, 5.74) is -1.78. The Labute approximate surface area is 160 Å². The molecule has 0 aliphatic heterocycles. The van der Waals surface area contributed by atoms with Crippen LogP contribution in [0.3, 0.4) is 0 Å². The number of ether oxygens (including phenoxy) is 1. The van der Waals surface area contributed by atoms with Gasteiger partial charge in [-0.2, -0.15) is 4.39 Å². The van der Waals surface area contributed by atoms with E-state index in [0.29, 0.717) is 4.47 Å². The predicted molar refractivity (Wildman–Crippen MR) is 101 cm³/mol. The third kappa shape index (κ3) is 6.84. The van der Waals surface area contributed by atoms with E-state index in [1.165, 1.54) is 12.3 Å². The molecular weight excluding hydrogens is 411 g/mol. The maximum absolute atomic E-state index is 14.4. The van der Waals surface area contributed by atoms with Crippen LogP contribution in [-0.2, 0) is 26.4 Å². The van der Waals surface area contributed by atoms with Gasteiger partial charge in [-0.1, -0.05) is 0 Å². The van der Waals surface area contributed by atoms with Gasteiger partial charge in [0.05, 0.1) is 6.42 Å². The van der Waals surface area contributed by atoms with E-state index in [1.54, 1.807) is 48.5 Å². The SMILES string of the molecule is CC(C)(C)OC(=O)C[C@](C)(N[S+]([O-])C(C)(C)C)c1cc(Br)cnc1F. The first-order valence-corrected chi connectivity index (χ1v) is 9.81. The number of pyridine rings is 1. The van der Waals surface area contributed by atoms with Crippen molar-refractivity contribution in [2.45, 2.75) is 70.8 Å². The van der Waals surface area contributed by atoms with Crippen molar-refractivity contribution in [3.63, 3.8) is 0 Å². The van der Waals surface area contributed by atoms with Gasteiger partial charge in [-0.3, -0.25) is 4.79 Å². The highest BCUT2D eigenvalue weighted by Crippen LogP contribution is 2.32. The monoisotopic (exact) mass is 436 g/mol. The van der Waals surface area contributed by atoms with Gasteiger partial charge in [0.2, 0.25) is 5.95 Å². The largest absolute Gasteiger partial charge is 0.598 e. The molecule has 2 atom stereocenters. The lowest BCUT2D eigenvalue weighted by Crippen LogP contribution is -2.51. The molecule has 0 radical (unpaired) electrons. The van der Waals surface area contributed by atoms with Crippen molar-refractivity contribution in [2.24, 2.45) is 0 Å². The fourth-order valence-electron chi connectivity index (χ4n) is 2.02. The second-order valence-corrected chi connectivity index (χ2v) is 11.0. The van der Waals surface area contributed by atoms with Gasteiger partial charge in [-0.05, 0) is 70.5 Å². The summed E-state index contributed by atoms with van der Waals surface area (Å²) >= 11 is 1.73. The van der Waals surface area contributed by atoms with E-state index in [4.69, 9.17) is 4.74 Å². The molecule has 1 aromatic rings. The van der Waals surface area contributed by atoms with E-state index >= 15 is 0 Å². The Bertz CT molecular complexity index is 631. The summed E-state index contributed by atoms with van der Waals surface area (Å²) in [7, 11) is 0. The summed E-state index contributed by atoms with van der Waals surface area (Å²) in [4.78, 5) is 16.1. The van der Waals surface area contributed by atoms with Crippen molar-refractivity contribution in [1.29, 1.82) is 0 Å². The van der Waals surface area contributed by atoms with Crippen molar-refractivity contribution in [1.82, 2.24) is 9.71 Å². The Morgan fingerprint density at radius 2 is 1.88 bits per heavy atom. The zero-order chi connectivity index (χ0) is 19.6. The molecule has 1 N–H and O–H groups in total. The van der Waals surface area contributed by atoms with Crippen molar-refractivity contribution in [3.8, 4) is 0 Å². The minimum Gasteiger partial charge on any atom is -0.598 e. The number of hydrogen-bond donors (Lipinski definition) is 1. The maximum atomic E-state index is 14.4. The second kappa shape index (κ2) is 7.90. The first-order valence-electron chi connectivity index (χ1n) is 7.87. The van der Waals surface area contributed by atoms with E-state index in [1.807, 2.05) is 0 Å². The molecule has 0 aliphatic rings. The fraction of sp³-hybridized carbons (Fsp3) is 0.647. The number of carbonyl (C=O) groups is 1. The summed E-state index contributed by atoms with van der Waals surface area (Å²) in [6.07, 6.45) is 1.13. The van der Waals surface area contributed by atoms with Gasteiger partial charge in [0.1, 0.15) is 15.9 Å². The molecule has 5 nitrogen and oxygen atoms in total. The third-order valence-corrected chi connectivity index (χ3v) is 5.37. The number of aromatic nitrogens is 1. The number of nitrogens with zero attached hydrogens (tertiary/aromatic N) is 1. The van der Waals surface area contributed by atoms with Crippen molar-refractivity contribution in [2.75, 3.05) is 0 Å². The van der Waals surface area contributed by atoms with E-state index in [2.05, 4.69) is 25.6 Å². The number of carbonyl (C=O) groups excluding carboxylic acids is 1. The molecular formula is C17H26BrFN2O3S.